The van der Waals surface area contributed by atoms with E-state index in [4.69, 9.17) is 4.74 Å². The van der Waals surface area contributed by atoms with E-state index in [0.29, 0.717) is 18.1 Å². The second kappa shape index (κ2) is 7.80. The van der Waals surface area contributed by atoms with Crippen LogP contribution in [0.3, 0.4) is 0 Å². The monoisotopic (exact) mass is 275 g/mol. The minimum Gasteiger partial charge on any atom is -0.376 e. The van der Waals surface area contributed by atoms with Gasteiger partial charge in [0.25, 0.3) is 0 Å². The van der Waals surface area contributed by atoms with Crippen molar-refractivity contribution in [2.75, 3.05) is 13.7 Å². The van der Waals surface area contributed by atoms with Crippen molar-refractivity contribution in [2.45, 2.75) is 58.1 Å². The van der Waals surface area contributed by atoms with Crippen LogP contribution in [0.4, 0.5) is 0 Å². The van der Waals surface area contributed by atoms with Gasteiger partial charge in [-0.1, -0.05) is 51.0 Å². The highest BCUT2D eigenvalue weighted by atomic mass is 16.5. The fourth-order valence-electron chi connectivity index (χ4n) is 2.99. The summed E-state index contributed by atoms with van der Waals surface area (Å²) >= 11 is 0. The van der Waals surface area contributed by atoms with E-state index in [0.717, 1.165) is 13.0 Å². The van der Waals surface area contributed by atoms with Crippen molar-refractivity contribution >= 4 is 0 Å². The van der Waals surface area contributed by atoms with Gasteiger partial charge in [0.1, 0.15) is 0 Å². The Bertz CT molecular complexity index is 379. The average Bonchev–Trinajstić information content (AvgIpc) is 2.94. The third-order valence-electron chi connectivity index (χ3n) is 4.18. The highest BCUT2D eigenvalue weighted by Gasteiger charge is 2.18. The molecule has 0 radical (unpaired) electrons. The Labute approximate surface area is 123 Å². The van der Waals surface area contributed by atoms with Crippen molar-refractivity contribution in [3.05, 3.63) is 35.4 Å². The van der Waals surface area contributed by atoms with E-state index in [2.05, 4.69) is 43.4 Å². The molecule has 2 nitrogen and oxygen atoms in total. The SMILES string of the molecule is CNC(COC1CCCC1)c1ccc(CC(C)C)cc1. The molecule has 0 heterocycles. The van der Waals surface area contributed by atoms with Crippen LogP contribution in [-0.2, 0) is 11.2 Å². The molecular formula is C18H29NO. The first kappa shape index (κ1) is 15.5. The minimum absolute atomic E-state index is 0.309. The molecule has 1 atom stereocenters. The van der Waals surface area contributed by atoms with Gasteiger partial charge >= 0.3 is 0 Å². The molecule has 0 aliphatic heterocycles. The summed E-state index contributed by atoms with van der Waals surface area (Å²) in [4.78, 5) is 0. The van der Waals surface area contributed by atoms with Gasteiger partial charge in [-0.25, -0.2) is 0 Å². The third kappa shape index (κ3) is 4.60. The van der Waals surface area contributed by atoms with Crippen molar-refractivity contribution in [3.63, 3.8) is 0 Å². The summed E-state index contributed by atoms with van der Waals surface area (Å²) in [6.45, 7) is 5.31. The van der Waals surface area contributed by atoms with Gasteiger partial charge in [-0.15, -0.1) is 0 Å². The van der Waals surface area contributed by atoms with Crippen LogP contribution in [0.25, 0.3) is 0 Å². The lowest BCUT2D eigenvalue weighted by molar-refractivity contribution is 0.0439. The smallest absolute Gasteiger partial charge is 0.0665 e. The predicted molar refractivity (Wildman–Crippen MR) is 85.0 cm³/mol. The number of nitrogens with one attached hydrogen (secondary N) is 1. The van der Waals surface area contributed by atoms with E-state index in [9.17, 15) is 0 Å². The second-order valence-electron chi connectivity index (χ2n) is 6.42. The quantitative estimate of drug-likeness (QED) is 0.808. The molecule has 1 aliphatic carbocycles. The number of ether oxygens (including phenoxy) is 1. The third-order valence-corrected chi connectivity index (χ3v) is 4.18. The lowest BCUT2D eigenvalue weighted by Gasteiger charge is -2.20. The summed E-state index contributed by atoms with van der Waals surface area (Å²) in [6, 6.07) is 9.32. The lowest BCUT2D eigenvalue weighted by atomic mass is 9.99. The minimum atomic E-state index is 0.309. The second-order valence-corrected chi connectivity index (χ2v) is 6.42. The van der Waals surface area contributed by atoms with Crippen LogP contribution in [0.1, 0.15) is 56.7 Å². The summed E-state index contributed by atoms with van der Waals surface area (Å²) in [7, 11) is 2.02. The number of hydrogen-bond acceptors (Lipinski definition) is 2. The van der Waals surface area contributed by atoms with Crippen molar-refractivity contribution in [1.29, 1.82) is 0 Å². The van der Waals surface area contributed by atoms with E-state index < -0.39 is 0 Å². The van der Waals surface area contributed by atoms with E-state index in [1.54, 1.807) is 0 Å². The molecule has 20 heavy (non-hydrogen) atoms. The predicted octanol–water partition coefficient (Wildman–Crippen LogP) is 4.10. The maximum atomic E-state index is 6.04. The van der Waals surface area contributed by atoms with Gasteiger partial charge in [-0.05, 0) is 43.4 Å². The fourth-order valence-corrected chi connectivity index (χ4v) is 2.99. The zero-order chi connectivity index (χ0) is 14.4. The molecule has 1 saturated carbocycles. The molecule has 1 unspecified atom stereocenters. The van der Waals surface area contributed by atoms with E-state index in [-0.39, 0.29) is 0 Å². The Balaban J connectivity index is 1.89. The Kier molecular flexibility index (Phi) is 6.06. The molecule has 1 aromatic carbocycles. The first-order chi connectivity index (χ1) is 9.69. The fraction of sp³-hybridized carbons (Fsp3) is 0.667. The molecule has 112 valence electrons. The molecule has 1 N–H and O–H groups in total. The maximum Gasteiger partial charge on any atom is 0.0665 e. The van der Waals surface area contributed by atoms with E-state index in [1.165, 1.54) is 36.8 Å². The zero-order valence-corrected chi connectivity index (χ0v) is 13.2. The Morgan fingerprint density at radius 3 is 2.35 bits per heavy atom. The molecule has 0 spiro atoms. The summed E-state index contributed by atoms with van der Waals surface area (Å²) in [5.74, 6) is 0.714. The van der Waals surface area contributed by atoms with E-state index in [1.807, 2.05) is 7.05 Å². The summed E-state index contributed by atoms with van der Waals surface area (Å²) in [6.07, 6.45) is 6.79. The van der Waals surface area contributed by atoms with Gasteiger partial charge < -0.3 is 10.1 Å². The number of rotatable bonds is 7. The topological polar surface area (TPSA) is 21.3 Å². The van der Waals surface area contributed by atoms with Crippen LogP contribution >= 0.6 is 0 Å². The van der Waals surface area contributed by atoms with Crippen LogP contribution in [0.5, 0.6) is 0 Å². The molecule has 0 saturated heterocycles. The van der Waals surface area contributed by atoms with Crippen LogP contribution < -0.4 is 5.32 Å². The van der Waals surface area contributed by atoms with E-state index >= 15 is 0 Å². The summed E-state index contributed by atoms with van der Waals surface area (Å²) < 4.78 is 6.04. The number of likely N-dealkylation sites (N-methyl/N-ethyl adjacent to an activating group) is 1. The van der Waals surface area contributed by atoms with Gasteiger partial charge in [0.05, 0.1) is 18.8 Å². The van der Waals surface area contributed by atoms with Crippen LogP contribution in [0.15, 0.2) is 24.3 Å². The average molecular weight is 275 g/mol. The summed E-state index contributed by atoms with van der Waals surface area (Å²) in [5, 5.41) is 3.38. The number of hydrogen-bond donors (Lipinski definition) is 1. The first-order valence-electron chi connectivity index (χ1n) is 8.06. The van der Waals surface area contributed by atoms with Gasteiger partial charge in [0.2, 0.25) is 0 Å². The lowest BCUT2D eigenvalue weighted by Crippen LogP contribution is -2.24. The van der Waals surface area contributed by atoms with Crippen molar-refractivity contribution in [2.24, 2.45) is 5.92 Å². The standard InChI is InChI=1S/C18H29NO/c1-14(2)12-15-8-10-16(11-9-15)18(19-3)13-20-17-6-4-5-7-17/h8-11,14,17-19H,4-7,12-13H2,1-3H3. The molecule has 0 aromatic heterocycles. The van der Waals surface area contributed by atoms with Gasteiger partial charge in [-0.3, -0.25) is 0 Å². The van der Waals surface area contributed by atoms with Crippen LogP contribution in [0.2, 0.25) is 0 Å². The largest absolute Gasteiger partial charge is 0.376 e. The zero-order valence-electron chi connectivity index (χ0n) is 13.2. The Hall–Kier alpha value is -0.860. The van der Waals surface area contributed by atoms with Crippen molar-refractivity contribution in [3.8, 4) is 0 Å². The number of benzene rings is 1. The van der Waals surface area contributed by atoms with Gasteiger partial charge in [0.15, 0.2) is 0 Å². The van der Waals surface area contributed by atoms with Crippen LogP contribution in [-0.4, -0.2) is 19.8 Å². The van der Waals surface area contributed by atoms with Gasteiger partial charge in [0, 0.05) is 0 Å². The summed E-state index contributed by atoms with van der Waals surface area (Å²) in [5.41, 5.74) is 2.76. The molecule has 2 rings (SSSR count). The van der Waals surface area contributed by atoms with Crippen LogP contribution in [0, 0.1) is 5.92 Å². The first-order valence-corrected chi connectivity index (χ1v) is 8.06. The maximum absolute atomic E-state index is 6.04. The highest BCUT2D eigenvalue weighted by molar-refractivity contribution is 5.25. The molecule has 2 heteroatoms. The Morgan fingerprint density at radius 2 is 1.80 bits per heavy atom. The molecule has 1 aliphatic rings. The van der Waals surface area contributed by atoms with Crippen molar-refractivity contribution in [1.82, 2.24) is 5.32 Å². The van der Waals surface area contributed by atoms with Crippen molar-refractivity contribution < 1.29 is 4.74 Å². The molecule has 1 fully saturated rings. The molecular weight excluding hydrogens is 246 g/mol. The molecule has 0 amide bonds. The normalized spacial score (nSPS) is 17.8. The Morgan fingerprint density at radius 1 is 1.15 bits per heavy atom. The molecule has 1 aromatic rings. The highest BCUT2D eigenvalue weighted by Crippen LogP contribution is 2.23. The van der Waals surface area contributed by atoms with Gasteiger partial charge in [-0.2, -0.15) is 0 Å². The molecule has 0 bridgehead atoms.